The Kier molecular flexibility index (Phi) is 5.65. The van der Waals surface area contributed by atoms with Gasteiger partial charge in [0.05, 0.1) is 23.4 Å². The first-order chi connectivity index (χ1) is 16.6. The summed E-state index contributed by atoms with van der Waals surface area (Å²) >= 11 is 0. The van der Waals surface area contributed by atoms with Crippen molar-refractivity contribution in [3.8, 4) is 0 Å². The van der Waals surface area contributed by atoms with Crippen molar-refractivity contribution >= 4 is 34.5 Å². The molecule has 0 heterocycles. The van der Waals surface area contributed by atoms with Crippen molar-refractivity contribution in [1.82, 2.24) is 0 Å². The lowest BCUT2D eigenvalue weighted by atomic mass is 9.96. The first-order valence-electron chi connectivity index (χ1n) is 10.9. The molecule has 34 heavy (non-hydrogen) atoms. The van der Waals surface area contributed by atoms with E-state index in [0.717, 1.165) is 11.1 Å². The van der Waals surface area contributed by atoms with Crippen molar-refractivity contribution < 1.29 is 23.9 Å². The molecule has 5 rings (SSSR count). The van der Waals surface area contributed by atoms with E-state index in [1.54, 1.807) is 43.5 Å². The first-order valence-corrected chi connectivity index (χ1v) is 10.9. The monoisotopic (exact) mass is 451 g/mol. The molecule has 0 radical (unpaired) electrons. The van der Waals surface area contributed by atoms with Gasteiger partial charge in [0.25, 0.3) is 0 Å². The van der Waals surface area contributed by atoms with E-state index < -0.39 is 5.97 Å². The molecular formula is C28H21NO5. The molecule has 0 unspecified atom stereocenters. The molecular weight excluding hydrogens is 430 g/mol. The Morgan fingerprint density at radius 2 is 1.44 bits per heavy atom. The molecule has 1 N–H and O–H groups in total. The minimum Gasteiger partial charge on any atom is -0.460 e. The fraction of sp³-hybridized carbons (Fsp3) is 0.107. The summed E-state index contributed by atoms with van der Waals surface area (Å²) in [4.78, 5) is 38.2. The average molecular weight is 451 g/mol. The number of hydrogen-bond donors (Lipinski definition) is 1. The number of ether oxygens (including phenoxy) is 2. The van der Waals surface area contributed by atoms with Crippen molar-refractivity contribution in [2.75, 3.05) is 25.6 Å². The molecule has 0 spiro atoms. The van der Waals surface area contributed by atoms with E-state index in [2.05, 4.69) is 5.32 Å². The molecule has 6 nitrogen and oxygen atoms in total. The summed E-state index contributed by atoms with van der Waals surface area (Å²) in [5, 5.41) is 3.35. The summed E-state index contributed by atoms with van der Waals surface area (Å²) in [6, 6.07) is 21.5. The third-order valence-corrected chi connectivity index (χ3v) is 5.86. The van der Waals surface area contributed by atoms with Gasteiger partial charge in [-0.1, -0.05) is 48.5 Å². The second-order valence-corrected chi connectivity index (χ2v) is 7.92. The number of nitrogens with one attached hydrogen (secondary N) is 1. The highest BCUT2D eigenvalue weighted by Crippen LogP contribution is 2.43. The average Bonchev–Trinajstić information content (AvgIpc) is 3.33. The highest BCUT2D eigenvalue weighted by atomic mass is 16.6. The maximum absolute atomic E-state index is 13.4. The number of ketones is 2. The molecule has 0 aliphatic heterocycles. The van der Waals surface area contributed by atoms with Crippen LogP contribution in [0.25, 0.3) is 11.3 Å². The molecule has 0 aromatic heterocycles. The third-order valence-electron chi connectivity index (χ3n) is 5.86. The molecule has 2 aliphatic carbocycles. The number of anilines is 1. The van der Waals surface area contributed by atoms with E-state index in [0.29, 0.717) is 45.8 Å². The largest absolute Gasteiger partial charge is 0.460 e. The quantitative estimate of drug-likeness (QED) is 0.411. The molecule has 0 bridgehead atoms. The first kappa shape index (κ1) is 21.6. The van der Waals surface area contributed by atoms with Crippen LogP contribution in [0.5, 0.6) is 0 Å². The number of fused-ring (bicyclic) bond motifs is 2. The highest BCUT2D eigenvalue weighted by Gasteiger charge is 2.35. The predicted octanol–water partition coefficient (Wildman–Crippen LogP) is 4.79. The van der Waals surface area contributed by atoms with E-state index in [1.165, 1.54) is 6.08 Å². The summed E-state index contributed by atoms with van der Waals surface area (Å²) in [6.45, 7) is 0.511. The van der Waals surface area contributed by atoms with Crippen LogP contribution in [0.3, 0.4) is 0 Å². The lowest BCUT2D eigenvalue weighted by Gasteiger charge is -2.13. The van der Waals surface area contributed by atoms with Crippen LogP contribution in [-0.2, 0) is 9.47 Å². The topological polar surface area (TPSA) is 81.7 Å². The summed E-state index contributed by atoms with van der Waals surface area (Å²) < 4.78 is 10.0. The summed E-state index contributed by atoms with van der Waals surface area (Å²) in [5.74, 6) is -0.680. The number of allylic oxidation sites excluding steroid dienone is 3. The van der Waals surface area contributed by atoms with Crippen LogP contribution in [-0.4, -0.2) is 37.9 Å². The van der Waals surface area contributed by atoms with Crippen LogP contribution >= 0.6 is 0 Å². The second-order valence-electron chi connectivity index (χ2n) is 7.92. The number of Topliss-reactive ketones (excluding diaryl/α,β-unsaturated/α-hetero) is 1. The number of methoxy groups -OCH3 is 1. The van der Waals surface area contributed by atoms with Gasteiger partial charge >= 0.3 is 5.97 Å². The van der Waals surface area contributed by atoms with Gasteiger partial charge < -0.3 is 14.8 Å². The Balaban J connectivity index is 1.51. The summed E-state index contributed by atoms with van der Waals surface area (Å²) in [7, 11) is 1.54. The zero-order valence-electron chi connectivity index (χ0n) is 18.5. The van der Waals surface area contributed by atoms with Gasteiger partial charge in [-0.2, -0.15) is 0 Å². The normalized spacial score (nSPS) is 14.1. The number of hydrogen-bond acceptors (Lipinski definition) is 6. The van der Waals surface area contributed by atoms with Crippen molar-refractivity contribution in [2.24, 2.45) is 0 Å². The Morgan fingerprint density at radius 1 is 0.794 bits per heavy atom. The summed E-state index contributed by atoms with van der Waals surface area (Å²) in [6.07, 6.45) is 1.53. The van der Waals surface area contributed by atoms with Gasteiger partial charge in [0.2, 0.25) is 0 Å². The van der Waals surface area contributed by atoms with Gasteiger partial charge in [-0.05, 0) is 41.5 Å². The Hall–Kier alpha value is -4.29. The number of benzene rings is 3. The number of rotatable bonds is 7. The SMILES string of the molecule is COCCOC(=O)c1ccc(NC2=C(C3=CC(=O)c4ccccc43)C(=O)c3ccccc32)cc1. The molecule has 3 aromatic carbocycles. The Labute approximate surface area is 196 Å². The van der Waals surface area contributed by atoms with E-state index in [-0.39, 0.29) is 18.2 Å². The Bertz CT molecular complexity index is 1380. The minimum absolute atomic E-state index is 0.113. The molecule has 0 fully saturated rings. The van der Waals surface area contributed by atoms with E-state index in [4.69, 9.17) is 9.47 Å². The van der Waals surface area contributed by atoms with E-state index >= 15 is 0 Å². The van der Waals surface area contributed by atoms with Crippen LogP contribution in [0.2, 0.25) is 0 Å². The molecule has 0 saturated heterocycles. The molecule has 2 aliphatic rings. The summed E-state index contributed by atoms with van der Waals surface area (Å²) in [5.41, 5.74) is 5.50. The zero-order valence-corrected chi connectivity index (χ0v) is 18.5. The fourth-order valence-electron chi connectivity index (χ4n) is 4.23. The van der Waals surface area contributed by atoms with Crippen molar-refractivity contribution in [2.45, 2.75) is 0 Å². The van der Waals surface area contributed by atoms with Gasteiger partial charge in [-0.3, -0.25) is 9.59 Å². The highest BCUT2D eigenvalue weighted by molar-refractivity contribution is 6.34. The van der Waals surface area contributed by atoms with Crippen LogP contribution in [0.4, 0.5) is 5.69 Å². The van der Waals surface area contributed by atoms with Gasteiger partial charge in [0.1, 0.15) is 6.61 Å². The zero-order chi connectivity index (χ0) is 23.7. The lowest BCUT2D eigenvalue weighted by molar-refractivity contribution is 0.0388. The van der Waals surface area contributed by atoms with E-state index in [9.17, 15) is 14.4 Å². The lowest BCUT2D eigenvalue weighted by Crippen LogP contribution is -2.10. The Morgan fingerprint density at radius 3 is 2.15 bits per heavy atom. The van der Waals surface area contributed by atoms with Crippen LogP contribution in [0.15, 0.2) is 84.4 Å². The molecule has 0 amide bonds. The molecule has 0 saturated carbocycles. The van der Waals surface area contributed by atoms with Gasteiger partial charge in [-0.15, -0.1) is 0 Å². The number of carbonyl (C=O) groups excluding carboxylic acids is 3. The van der Waals surface area contributed by atoms with Gasteiger partial charge in [0.15, 0.2) is 11.6 Å². The minimum atomic E-state index is -0.434. The molecule has 168 valence electrons. The van der Waals surface area contributed by atoms with Crippen LogP contribution in [0.1, 0.15) is 42.2 Å². The standard InChI is InChI=1S/C28H21NO5/c1-33-14-15-34-28(32)17-10-12-18(13-11-17)29-26-21-8-4-5-9-22(21)27(31)25(26)23-16-24(30)20-7-3-2-6-19(20)23/h2-13,16,29H,14-15H2,1H3. The smallest absolute Gasteiger partial charge is 0.338 e. The number of carbonyl (C=O) groups is 3. The second kappa shape index (κ2) is 8.92. The van der Waals surface area contributed by atoms with E-state index in [1.807, 2.05) is 36.4 Å². The maximum Gasteiger partial charge on any atom is 0.338 e. The molecule has 0 atom stereocenters. The number of esters is 1. The van der Waals surface area contributed by atoms with Gasteiger partial charge in [0, 0.05) is 29.5 Å². The van der Waals surface area contributed by atoms with Crippen LogP contribution in [0, 0.1) is 0 Å². The van der Waals surface area contributed by atoms with Gasteiger partial charge in [-0.25, -0.2) is 4.79 Å². The molecule has 3 aromatic rings. The predicted molar refractivity (Wildman–Crippen MR) is 129 cm³/mol. The van der Waals surface area contributed by atoms with Crippen molar-refractivity contribution in [3.63, 3.8) is 0 Å². The van der Waals surface area contributed by atoms with Crippen molar-refractivity contribution in [3.05, 3.63) is 112 Å². The molecule has 6 heteroatoms. The third kappa shape index (κ3) is 3.74. The maximum atomic E-state index is 13.4. The van der Waals surface area contributed by atoms with Crippen molar-refractivity contribution in [1.29, 1.82) is 0 Å². The fourth-order valence-corrected chi connectivity index (χ4v) is 4.23. The van der Waals surface area contributed by atoms with Crippen LogP contribution < -0.4 is 5.32 Å².